The lowest BCUT2D eigenvalue weighted by Gasteiger charge is -2.19. The van der Waals surface area contributed by atoms with Gasteiger partial charge in [-0.2, -0.15) is 12.6 Å². The van der Waals surface area contributed by atoms with E-state index in [-0.39, 0.29) is 17.0 Å². The van der Waals surface area contributed by atoms with Crippen LogP contribution in [0.5, 0.6) is 0 Å². The third kappa shape index (κ3) is 2.28. The van der Waals surface area contributed by atoms with Gasteiger partial charge in [-0.05, 0) is 44.0 Å². The summed E-state index contributed by atoms with van der Waals surface area (Å²) in [7, 11) is 0. The lowest BCUT2D eigenvalue weighted by atomic mass is 10.3. The Labute approximate surface area is 115 Å². The van der Waals surface area contributed by atoms with Crippen molar-refractivity contribution in [3.05, 3.63) is 26.9 Å². The second kappa shape index (κ2) is 4.66. The van der Waals surface area contributed by atoms with Crippen molar-refractivity contribution >= 4 is 56.1 Å². The topological polar surface area (TPSA) is 20.3 Å². The van der Waals surface area contributed by atoms with Crippen LogP contribution in [0.15, 0.2) is 21.1 Å². The fourth-order valence-electron chi connectivity index (χ4n) is 1.70. The highest BCUT2D eigenvalue weighted by Gasteiger charge is 2.30. The molecule has 0 radical (unpaired) electrons. The van der Waals surface area contributed by atoms with Crippen LogP contribution in [-0.4, -0.2) is 17.7 Å². The summed E-state index contributed by atoms with van der Waals surface area (Å²) in [6.45, 7) is 0.546. The summed E-state index contributed by atoms with van der Waals surface area (Å²) in [6.07, 6.45) is 0.416. The van der Waals surface area contributed by atoms with Gasteiger partial charge in [-0.1, -0.05) is 0 Å². The molecule has 1 atom stereocenters. The Hall–Kier alpha value is -0.0700. The van der Waals surface area contributed by atoms with E-state index >= 15 is 0 Å². The van der Waals surface area contributed by atoms with Crippen molar-refractivity contribution in [2.24, 2.45) is 0 Å². The van der Waals surface area contributed by atoms with E-state index in [1.165, 1.54) is 12.1 Å². The Kier molecular flexibility index (Phi) is 3.61. The average molecular weight is 369 g/mol. The van der Waals surface area contributed by atoms with E-state index in [0.717, 1.165) is 0 Å². The van der Waals surface area contributed by atoms with Crippen LogP contribution >= 0.6 is 44.5 Å². The van der Waals surface area contributed by atoms with Gasteiger partial charge in [0, 0.05) is 27.2 Å². The van der Waals surface area contributed by atoms with E-state index in [9.17, 15) is 9.18 Å². The molecule has 0 aliphatic carbocycles. The third-order valence-electron chi connectivity index (χ3n) is 2.36. The zero-order valence-corrected chi connectivity index (χ0v) is 12.1. The highest BCUT2D eigenvalue weighted by molar-refractivity contribution is 9.11. The van der Waals surface area contributed by atoms with Crippen LogP contribution in [-0.2, 0) is 4.79 Å². The largest absolute Gasteiger partial charge is 0.309 e. The minimum absolute atomic E-state index is 0.00741. The van der Waals surface area contributed by atoms with Crippen molar-refractivity contribution in [1.82, 2.24) is 0 Å². The number of benzene rings is 1. The van der Waals surface area contributed by atoms with Gasteiger partial charge >= 0.3 is 0 Å². The first-order valence-corrected chi connectivity index (χ1v) is 6.72. The molecule has 0 N–H and O–H groups in total. The molecule has 1 aromatic rings. The monoisotopic (exact) mass is 367 g/mol. The van der Waals surface area contributed by atoms with E-state index in [1.54, 1.807) is 4.90 Å². The molecule has 0 saturated carbocycles. The van der Waals surface area contributed by atoms with Gasteiger partial charge in [0.05, 0.1) is 5.69 Å². The van der Waals surface area contributed by atoms with Gasteiger partial charge in [-0.15, -0.1) is 0 Å². The Balaban J connectivity index is 2.44. The first-order valence-electron chi connectivity index (χ1n) is 4.62. The van der Waals surface area contributed by atoms with Gasteiger partial charge in [0.1, 0.15) is 5.82 Å². The smallest absolute Gasteiger partial charge is 0.228 e. The predicted octanol–water partition coefficient (Wildman–Crippen LogP) is 3.39. The number of nitrogens with zero attached hydrogens (tertiary/aromatic N) is 1. The second-order valence-corrected chi connectivity index (χ2v) is 6.02. The lowest BCUT2D eigenvalue weighted by molar-refractivity contribution is -0.117. The molecule has 16 heavy (non-hydrogen) atoms. The molecule has 0 aromatic heterocycles. The lowest BCUT2D eigenvalue weighted by Crippen LogP contribution is -2.25. The number of carbonyl (C=O) groups is 1. The van der Waals surface area contributed by atoms with E-state index in [2.05, 4.69) is 44.5 Å². The molecule has 86 valence electrons. The second-order valence-electron chi connectivity index (χ2n) is 3.58. The van der Waals surface area contributed by atoms with Gasteiger partial charge in [0.2, 0.25) is 5.91 Å². The van der Waals surface area contributed by atoms with Crippen molar-refractivity contribution in [1.29, 1.82) is 0 Å². The number of anilines is 1. The minimum atomic E-state index is -0.350. The number of thiol groups is 1. The maximum absolute atomic E-state index is 13.1. The van der Waals surface area contributed by atoms with Gasteiger partial charge in [0.15, 0.2) is 0 Å². The minimum Gasteiger partial charge on any atom is -0.309 e. The highest BCUT2D eigenvalue weighted by Crippen LogP contribution is 2.37. The molecule has 1 saturated heterocycles. The molecular formula is C10H8Br2FNOS. The Morgan fingerprint density at radius 1 is 1.38 bits per heavy atom. The molecule has 1 unspecified atom stereocenters. The molecule has 2 rings (SSSR count). The van der Waals surface area contributed by atoms with Gasteiger partial charge in [0.25, 0.3) is 0 Å². The van der Waals surface area contributed by atoms with Crippen LogP contribution < -0.4 is 4.90 Å². The number of amides is 1. The summed E-state index contributed by atoms with van der Waals surface area (Å²) in [5, 5.41) is 0.0383. The Bertz CT molecular complexity index is 431. The van der Waals surface area contributed by atoms with Crippen LogP contribution in [0, 0.1) is 5.82 Å². The van der Waals surface area contributed by atoms with Gasteiger partial charge in [-0.3, -0.25) is 4.79 Å². The molecule has 0 spiro atoms. The molecule has 1 fully saturated rings. The molecule has 6 heteroatoms. The summed E-state index contributed by atoms with van der Waals surface area (Å²) in [6, 6.07) is 2.69. The third-order valence-corrected chi connectivity index (χ3v) is 3.91. The average Bonchev–Trinajstić information content (AvgIpc) is 2.43. The van der Waals surface area contributed by atoms with Gasteiger partial charge < -0.3 is 4.90 Å². The first kappa shape index (κ1) is 12.4. The van der Waals surface area contributed by atoms with Crippen molar-refractivity contribution in [3.63, 3.8) is 0 Å². The molecule has 2 nitrogen and oxygen atoms in total. The fourth-order valence-corrected chi connectivity index (χ4v) is 3.58. The summed E-state index contributed by atoms with van der Waals surface area (Å²) < 4.78 is 14.2. The standard InChI is InChI=1S/C10H8Br2FNOS/c11-7-1-5(13)2-8(12)10(7)14-4-6(16)3-9(14)15/h1-2,6,16H,3-4H2. The number of halogens is 3. The molecule has 1 amide bonds. The van der Waals surface area contributed by atoms with E-state index in [4.69, 9.17) is 0 Å². The molecule has 1 heterocycles. The first-order chi connectivity index (χ1) is 7.49. The predicted molar refractivity (Wildman–Crippen MR) is 71.5 cm³/mol. The van der Waals surface area contributed by atoms with Crippen molar-refractivity contribution < 1.29 is 9.18 Å². The Morgan fingerprint density at radius 3 is 2.38 bits per heavy atom. The summed E-state index contributed by atoms with van der Waals surface area (Å²) in [4.78, 5) is 13.3. The van der Waals surface area contributed by atoms with E-state index in [0.29, 0.717) is 27.6 Å². The van der Waals surface area contributed by atoms with Crippen LogP contribution in [0.3, 0.4) is 0 Å². The number of hydrogen-bond acceptors (Lipinski definition) is 2. The van der Waals surface area contributed by atoms with E-state index < -0.39 is 0 Å². The Morgan fingerprint density at radius 2 is 1.94 bits per heavy atom. The number of hydrogen-bond donors (Lipinski definition) is 1. The SMILES string of the molecule is O=C1CC(S)CN1c1c(Br)cc(F)cc1Br. The highest BCUT2D eigenvalue weighted by atomic mass is 79.9. The van der Waals surface area contributed by atoms with Crippen molar-refractivity contribution in [2.75, 3.05) is 11.4 Å². The van der Waals surface area contributed by atoms with Crippen LogP contribution in [0.1, 0.15) is 6.42 Å². The fraction of sp³-hybridized carbons (Fsp3) is 0.300. The van der Waals surface area contributed by atoms with Crippen molar-refractivity contribution in [2.45, 2.75) is 11.7 Å². The van der Waals surface area contributed by atoms with Crippen molar-refractivity contribution in [3.8, 4) is 0 Å². The quantitative estimate of drug-likeness (QED) is 0.753. The zero-order valence-electron chi connectivity index (χ0n) is 8.08. The van der Waals surface area contributed by atoms with Crippen LogP contribution in [0.4, 0.5) is 10.1 Å². The molecule has 0 bridgehead atoms. The summed E-state index contributed by atoms with van der Waals surface area (Å²) in [5.41, 5.74) is 0.669. The van der Waals surface area contributed by atoms with Crippen LogP contribution in [0.25, 0.3) is 0 Å². The molecule has 1 aliphatic heterocycles. The normalized spacial score (nSPS) is 20.6. The maximum atomic E-state index is 13.1. The molecule has 1 aromatic carbocycles. The molecule has 1 aliphatic rings. The van der Waals surface area contributed by atoms with E-state index in [1.807, 2.05) is 0 Å². The number of rotatable bonds is 1. The summed E-state index contributed by atoms with van der Waals surface area (Å²) in [5.74, 6) is -0.343. The summed E-state index contributed by atoms with van der Waals surface area (Å²) >= 11 is 10.8. The maximum Gasteiger partial charge on any atom is 0.228 e. The van der Waals surface area contributed by atoms with Gasteiger partial charge in [-0.25, -0.2) is 4.39 Å². The number of carbonyl (C=O) groups excluding carboxylic acids is 1. The zero-order chi connectivity index (χ0) is 11.9. The van der Waals surface area contributed by atoms with Crippen LogP contribution in [0.2, 0.25) is 0 Å². The molecular weight excluding hydrogens is 361 g/mol.